The summed E-state index contributed by atoms with van der Waals surface area (Å²) in [5.74, 6) is -1.38. The van der Waals surface area contributed by atoms with Crippen molar-refractivity contribution in [3.8, 4) is 0 Å². The average molecular weight is 373 g/mol. The second-order valence-corrected chi connectivity index (χ2v) is 6.63. The highest BCUT2D eigenvalue weighted by Gasteiger charge is 2.14. The molecule has 2 rings (SSSR count). The topological polar surface area (TPSA) is 89.3 Å². The average Bonchev–Trinajstić information content (AvgIpc) is 2.37. The summed E-state index contributed by atoms with van der Waals surface area (Å²) in [4.78, 5) is 11.8. The molecule has 0 spiro atoms. The molecular weight excluding hydrogens is 363 g/mol. The van der Waals surface area contributed by atoms with Gasteiger partial charge in [-0.15, -0.1) is 0 Å². The molecule has 2 aromatic carbocycles. The molecule has 1 amide bonds. The zero-order chi connectivity index (χ0) is 15.6. The number of halogens is 2. The molecule has 0 unspecified atom stereocenters. The molecule has 0 heterocycles. The highest BCUT2D eigenvalue weighted by molar-refractivity contribution is 9.10. The van der Waals surface area contributed by atoms with Gasteiger partial charge < -0.3 is 5.32 Å². The van der Waals surface area contributed by atoms with Crippen molar-refractivity contribution in [2.45, 2.75) is 4.90 Å². The molecule has 2 aromatic rings. The van der Waals surface area contributed by atoms with Crippen molar-refractivity contribution in [2.24, 2.45) is 5.14 Å². The van der Waals surface area contributed by atoms with Gasteiger partial charge in [0.05, 0.1) is 10.5 Å². The number of anilines is 1. The summed E-state index contributed by atoms with van der Waals surface area (Å²) in [6.45, 7) is 0. The zero-order valence-electron chi connectivity index (χ0n) is 10.5. The number of hydrogen-bond acceptors (Lipinski definition) is 3. The summed E-state index contributed by atoms with van der Waals surface area (Å²) >= 11 is 3.09. The molecular formula is C13H10BrFN2O3S. The third kappa shape index (κ3) is 3.87. The number of rotatable bonds is 3. The third-order valence-corrected chi connectivity index (χ3v) is 4.00. The maximum Gasteiger partial charge on any atom is 0.258 e. The number of hydrogen-bond donors (Lipinski definition) is 2. The number of primary sulfonamides is 1. The minimum Gasteiger partial charge on any atom is -0.322 e. The molecule has 0 atom stereocenters. The zero-order valence-corrected chi connectivity index (χ0v) is 12.9. The summed E-state index contributed by atoms with van der Waals surface area (Å²) in [7, 11) is -3.87. The maximum atomic E-state index is 13.7. The number of amides is 1. The summed E-state index contributed by atoms with van der Waals surface area (Å²) in [6, 6.07) is 9.40. The van der Waals surface area contributed by atoms with Crippen LogP contribution < -0.4 is 10.5 Å². The molecule has 0 saturated carbocycles. The fourth-order valence-corrected chi connectivity index (χ4v) is 2.52. The maximum absolute atomic E-state index is 13.7. The van der Waals surface area contributed by atoms with Gasteiger partial charge in [-0.1, -0.05) is 22.0 Å². The number of nitrogens with two attached hydrogens (primary N) is 1. The molecule has 8 heteroatoms. The van der Waals surface area contributed by atoms with E-state index < -0.39 is 21.7 Å². The monoisotopic (exact) mass is 372 g/mol. The van der Waals surface area contributed by atoms with Crippen LogP contribution in [0.25, 0.3) is 0 Å². The lowest BCUT2D eigenvalue weighted by Gasteiger charge is -2.07. The summed E-state index contributed by atoms with van der Waals surface area (Å²) < 4.78 is 36.6. The number of benzene rings is 2. The first kappa shape index (κ1) is 15.6. The van der Waals surface area contributed by atoms with E-state index >= 15 is 0 Å². The van der Waals surface area contributed by atoms with E-state index in [1.54, 1.807) is 0 Å². The Morgan fingerprint density at radius 2 is 1.90 bits per heavy atom. The molecule has 0 radical (unpaired) electrons. The first-order valence-electron chi connectivity index (χ1n) is 5.66. The lowest BCUT2D eigenvalue weighted by atomic mass is 10.2. The predicted octanol–water partition coefficient (Wildman–Crippen LogP) is 2.49. The molecule has 0 aromatic heterocycles. The first-order valence-corrected chi connectivity index (χ1v) is 8.00. The molecule has 0 aliphatic rings. The van der Waals surface area contributed by atoms with Crippen LogP contribution in [0.1, 0.15) is 10.4 Å². The van der Waals surface area contributed by atoms with Gasteiger partial charge in [-0.25, -0.2) is 17.9 Å². The molecule has 5 nitrogen and oxygen atoms in total. The van der Waals surface area contributed by atoms with Gasteiger partial charge in [-0.05, 0) is 36.4 Å². The van der Waals surface area contributed by atoms with Crippen LogP contribution in [0.3, 0.4) is 0 Å². The van der Waals surface area contributed by atoms with E-state index in [9.17, 15) is 17.6 Å². The Balaban J connectivity index is 2.28. The van der Waals surface area contributed by atoms with Crippen molar-refractivity contribution in [1.82, 2.24) is 0 Å². The van der Waals surface area contributed by atoms with E-state index in [0.717, 1.165) is 6.07 Å². The van der Waals surface area contributed by atoms with Gasteiger partial charge in [-0.3, -0.25) is 4.79 Å². The van der Waals surface area contributed by atoms with Gasteiger partial charge in [-0.2, -0.15) is 0 Å². The molecule has 21 heavy (non-hydrogen) atoms. The number of carbonyl (C=O) groups is 1. The van der Waals surface area contributed by atoms with Gasteiger partial charge in [0.2, 0.25) is 10.0 Å². The van der Waals surface area contributed by atoms with Crippen LogP contribution in [0.15, 0.2) is 51.8 Å². The lowest BCUT2D eigenvalue weighted by Crippen LogP contribution is -2.15. The van der Waals surface area contributed by atoms with E-state index in [1.165, 1.54) is 36.4 Å². The Morgan fingerprint density at radius 3 is 2.52 bits per heavy atom. The number of nitrogens with one attached hydrogen (secondary N) is 1. The van der Waals surface area contributed by atoms with Gasteiger partial charge in [0, 0.05) is 10.2 Å². The number of sulfonamides is 1. The van der Waals surface area contributed by atoms with Crippen molar-refractivity contribution in [3.63, 3.8) is 0 Å². The van der Waals surface area contributed by atoms with Crippen LogP contribution in [0.4, 0.5) is 10.1 Å². The Kier molecular flexibility index (Phi) is 4.40. The van der Waals surface area contributed by atoms with Gasteiger partial charge in [0.1, 0.15) is 5.82 Å². The molecule has 3 N–H and O–H groups in total. The SMILES string of the molecule is NS(=O)(=O)c1cccc(NC(=O)c2ccc(Br)cc2F)c1. The van der Waals surface area contributed by atoms with Crippen LogP contribution in [0.2, 0.25) is 0 Å². The predicted molar refractivity (Wildman–Crippen MR) is 79.9 cm³/mol. The quantitative estimate of drug-likeness (QED) is 0.866. The minimum absolute atomic E-state index is 0.142. The Labute approximate surface area is 129 Å². The largest absolute Gasteiger partial charge is 0.322 e. The molecule has 110 valence electrons. The van der Waals surface area contributed by atoms with E-state index in [2.05, 4.69) is 21.2 Å². The summed E-state index contributed by atoms with van der Waals surface area (Å²) in [5.41, 5.74) is 0.0491. The van der Waals surface area contributed by atoms with Crippen LogP contribution >= 0.6 is 15.9 Å². The molecule has 0 aliphatic carbocycles. The fourth-order valence-electron chi connectivity index (χ4n) is 1.62. The van der Waals surface area contributed by atoms with Crippen LogP contribution in [0, 0.1) is 5.82 Å². The molecule has 0 bridgehead atoms. The molecule has 0 aliphatic heterocycles. The van der Waals surface area contributed by atoms with Crippen molar-refractivity contribution in [1.29, 1.82) is 0 Å². The van der Waals surface area contributed by atoms with Gasteiger partial charge in [0.25, 0.3) is 5.91 Å². The van der Waals surface area contributed by atoms with Crippen LogP contribution in [-0.4, -0.2) is 14.3 Å². The van der Waals surface area contributed by atoms with Gasteiger partial charge >= 0.3 is 0 Å². The normalized spacial score (nSPS) is 11.2. The smallest absolute Gasteiger partial charge is 0.258 e. The van der Waals surface area contributed by atoms with E-state index in [-0.39, 0.29) is 16.1 Å². The van der Waals surface area contributed by atoms with Crippen molar-refractivity contribution in [2.75, 3.05) is 5.32 Å². The standard InChI is InChI=1S/C13H10BrFN2O3S/c14-8-4-5-11(12(15)6-8)13(18)17-9-2-1-3-10(7-9)21(16,19)20/h1-7H,(H,17,18)(H2,16,19,20). The Hall–Kier alpha value is -1.77. The number of carbonyl (C=O) groups excluding carboxylic acids is 1. The van der Waals surface area contributed by atoms with E-state index in [1.807, 2.05) is 0 Å². The molecule has 0 fully saturated rings. The summed E-state index contributed by atoms with van der Waals surface area (Å²) in [6.07, 6.45) is 0. The van der Waals surface area contributed by atoms with Crippen LogP contribution in [-0.2, 0) is 10.0 Å². The summed E-state index contributed by atoms with van der Waals surface area (Å²) in [5, 5.41) is 7.42. The third-order valence-electron chi connectivity index (χ3n) is 2.60. The second-order valence-electron chi connectivity index (χ2n) is 4.15. The van der Waals surface area contributed by atoms with Crippen molar-refractivity contribution < 1.29 is 17.6 Å². The molecule has 0 saturated heterocycles. The first-order chi connectivity index (χ1) is 9.77. The fraction of sp³-hybridized carbons (Fsp3) is 0. The Morgan fingerprint density at radius 1 is 1.19 bits per heavy atom. The van der Waals surface area contributed by atoms with Crippen molar-refractivity contribution in [3.05, 3.63) is 58.3 Å². The van der Waals surface area contributed by atoms with Crippen molar-refractivity contribution >= 4 is 37.5 Å². The highest BCUT2D eigenvalue weighted by Crippen LogP contribution is 2.18. The second kappa shape index (κ2) is 5.92. The van der Waals surface area contributed by atoms with E-state index in [0.29, 0.717) is 4.47 Å². The van der Waals surface area contributed by atoms with Gasteiger partial charge in [0.15, 0.2) is 0 Å². The Bertz CT molecular complexity index is 809. The lowest BCUT2D eigenvalue weighted by molar-refractivity contribution is 0.102. The minimum atomic E-state index is -3.87. The highest BCUT2D eigenvalue weighted by atomic mass is 79.9. The van der Waals surface area contributed by atoms with Crippen LogP contribution in [0.5, 0.6) is 0 Å². The van der Waals surface area contributed by atoms with E-state index in [4.69, 9.17) is 5.14 Å².